The zero-order valence-electron chi connectivity index (χ0n) is 10.4. The van der Waals surface area contributed by atoms with Gasteiger partial charge in [0.1, 0.15) is 0 Å². The van der Waals surface area contributed by atoms with Gasteiger partial charge in [0.15, 0.2) is 0 Å². The molecule has 0 radical (unpaired) electrons. The SMILES string of the molecule is CCNC(Cc1cncs1)C(CC)OCC. The Labute approximate surface area is 102 Å². The van der Waals surface area contributed by atoms with E-state index in [2.05, 4.69) is 31.1 Å². The molecule has 92 valence electrons. The van der Waals surface area contributed by atoms with E-state index in [9.17, 15) is 0 Å². The third kappa shape index (κ3) is 4.20. The van der Waals surface area contributed by atoms with Crippen LogP contribution in [0.25, 0.3) is 0 Å². The highest BCUT2D eigenvalue weighted by atomic mass is 32.1. The Morgan fingerprint density at radius 2 is 2.25 bits per heavy atom. The zero-order chi connectivity index (χ0) is 11.8. The Morgan fingerprint density at radius 3 is 2.75 bits per heavy atom. The molecular weight excluding hydrogens is 220 g/mol. The number of ether oxygens (including phenoxy) is 1. The first-order valence-corrected chi connectivity index (χ1v) is 6.92. The van der Waals surface area contributed by atoms with Gasteiger partial charge in [0.2, 0.25) is 0 Å². The molecule has 0 saturated heterocycles. The van der Waals surface area contributed by atoms with Crippen LogP contribution in [0.4, 0.5) is 0 Å². The van der Waals surface area contributed by atoms with Crippen molar-refractivity contribution in [3.63, 3.8) is 0 Å². The Hall–Kier alpha value is -0.450. The molecule has 0 aromatic carbocycles. The Balaban J connectivity index is 2.57. The highest BCUT2D eigenvalue weighted by Gasteiger charge is 2.20. The molecule has 0 amide bonds. The fourth-order valence-corrected chi connectivity index (χ4v) is 2.54. The zero-order valence-corrected chi connectivity index (χ0v) is 11.2. The number of nitrogens with one attached hydrogen (secondary N) is 1. The van der Waals surface area contributed by atoms with E-state index in [0.717, 1.165) is 26.0 Å². The van der Waals surface area contributed by atoms with Crippen LogP contribution in [0.2, 0.25) is 0 Å². The van der Waals surface area contributed by atoms with Crippen LogP contribution in [0.1, 0.15) is 32.1 Å². The fourth-order valence-electron chi connectivity index (χ4n) is 1.89. The van der Waals surface area contributed by atoms with E-state index < -0.39 is 0 Å². The van der Waals surface area contributed by atoms with Gasteiger partial charge in [-0.15, -0.1) is 11.3 Å². The van der Waals surface area contributed by atoms with Crippen LogP contribution < -0.4 is 5.32 Å². The summed E-state index contributed by atoms with van der Waals surface area (Å²) >= 11 is 1.72. The van der Waals surface area contributed by atoms with Gasteiger partial charge in [-0.2, -0.15) is 0 Å². The summed E-state index contributed by atoms with van der Waals surface area (Å²) in [6.07, 6.45) is 4.31. The number of thiazole rings is 1. The number of aromatic nitrogens is 1. The van der Waals surface area contributed by atoms with Gasteiger partial charge in [0.25, 0.3) is 0 Å². The van der Waals surface area contributed by atoms with Gasteiger partial charge in [-0.25, -0.2) is 0 Å². The van der Waals surface area contributed by atoms with Gasteiger partial charge < -0.3 is 10.1 Å². The molecule has 0 spiro atoms. The average molecular weight is 242 g/mol. The largest absolute Gasteiger partial charge is 0.377 e. The molecule has 1 heterocycles. The molecule has 0 saturated carbocycles. The highest BCUT2D eigenvalue weighted by molar-refractivity contribution is 7.09. The molecular formula is C12H22N2OS. The Kier molecular flexibility index (Phi) is 6.61. The van der Waals surface area contributed by atoms with Gasteiger partial charge in [-0.05, 0) is 19.9 Å². The lowest BCUT2D eigenvalue weighted by Gasteiger charge is -2.26. The van der Waals surface area contributed by atoms with Gasteiger partial charge in [-0.3, -0.25) is 4.98 Å². The van der Waals surface area contributed by atoms with Crippen LogP contribution in [-0.4, -0.2) is 30.3 Å². The van der Waals surface area contributed by atoms with Crippen LogP contribution in [0.5, 0.6) is 0 Å². The summed E-state index contributed by atoms with van der Waals surface area (Å²) in [7, 11) is 0. The lowest BCUT2D eigenvalue weighted by Crippen LogP contribution is -2.42. The van der Waals surface area contributed by atoms with Gasteiger partial charge in [0, 0.05) is 30.1 Å². The predicted molar refractivity (Wildman–Crippen MR) is 69.0 cm³/mol. The van der Waals surface area contributed by atoms with Crippen molar-refractivity contribution in [1.29, 1.82) is 0 Å². The fraction of sp³-hybridized carbons (Fsp3) is 0.750. The molecule has 1 N–H and O–H groups in total. The Morgan fingerprint density at radius 1 is 1.44 bits per heavy atom. The van der Waals surface area contributed by atoms with E-state index in [1.54, 1.807) is 11.3 Å². The average Bonchev–Trinajstić information content (AvgIpc) is 2.78. The maximum atomic E-state index is 5.78. The van der Waals surface area contributed by atoms with E-state index in [0.29, 0.717) is 12.1 Å². The van der Waals surface area contributed by atoms with Crippen molar-refractivity contribution in [1.82, 2.24) is 10.3 Å². The third-order valence-electron chi connectivity index (χ3n) is 2.60. The van der Waals surface area contributed by atoms with Crippen molar-refractivity contribution in [2.45, 2.75) is 45.8 Å². The van der Waals surface area contributed by atoms with Crippen molar-refractivity contribution in [3.05, 3.63) is 16.6 Å². The van der Waals surface area contributed by atoms with Crippen LogP contribution in [0, 0.1) is 0 Å². The van der Waals surface area contributed by atoms with Crippen molar-refractivity contribution in [3.8, 4) is 0 Å². The molecule has 0 fully saturated rings. The van der Waals surface area contributed by atoms with Crippen LogP contribution in [0.3, 0.4) is 0 Å². The normalized spacial score (nSPS) is 14.9. The number of rotatable bonds is 8. The summed E-state index contributed by atoms with van der Waals surface area (Å²) < 4.78 is 5.78. The first-order valence-electron chi connectivity index (χ1n) is 6.04. The first kappa shape index (κ1) is 13.6. The summed E-state index contributed by atoms with van der Waals surface area (Å²) in [4.78, 5) is 5.44. The highest BCUT2D eigenvalue weighted by Crippen LogP contribution is 2.14. The standard InChI is InChI=1S/C12H22N2OS/c1-4-12(15-6-3)11(14-5-2)7-10-8-13-9-16-10/h8-9,11-12,14H,4-7H2,1-3H3. The van der Waals surface area contributed by atoms with Crippen LogP contribution in [-0.2, 0) is 11.2 Å². The summed E-state index contributed by atoms with van der Waals surface area (Å²) in [6.45, 7) is 8.13. The quantitative estimate of drug-likeness (QED) is 0.760. The smallest absolute Gasteiger partial charge is 0.0794 e. The maximum absolute atomic E-state index is 5.78. The molecule has 0 bridgehead atoms. The van der Waals surface area contributed by atoms with E-state index in [-0.39, 0.29) is 0 Å². The first-order chi connectivity index (χ1) is 7.81. The molecule has 0 aliphatic carbocycles. The molecule has 1 aromatic rings. The van der Waals surface area contributed by atoms with Gasteiger partial charge in [-0.1, -0.05) is 13.8 Å². The minimum Gasteiger partial charge on any atom is -0.377 e. The maximum Gasteiger partial charge on any atom is 0.0794 e. The summed E-state index contributed by atoms with van der Waals surface area (Å²) in [6, 6.07) is 0.399. The second-order valence-electron chi connectivity index (χ2n) is 3.74. The van der Waals surface area contributed by atoms with Crippen molar-refractivity contribution in [2.75, 3.05) is 13.2 Å². The summed E-state index contributed by atoms with van der Waals surface area (Å²) in [5.74, 6) is 0. The van der Waals surface area contributed by atoms with Crippen LogP contribution in [0.15, 0.2) is 11.7 Å². The monoisotopic (exact) mass is 242 g/mol. The molecule has 2 unspecified atom stereocenters. The minimum absolute atomic E-state index is 0.298. The molecule has 4 heteroatoms. The van der Waals surface area contributed by atoms with E-state index in [4.69, 9.17) is 4.74 Å². The second kappa shape index (κ2) is 7.76. The molecule has 0 aliphatic heterocycles. The van der Waals surface area contributed by atoms with Crippen molar-refractivity contribution < 1.29 is 4.74 Å². The number of likely N-dealkylation sites (N-methyl/N-ethyl adjacent to an activating group) is 1. The lowest BCUT2D eigenvalue weighted by molar-refractivity contribution is 0.0325. The van der Waals surface area contributed by atoms with Crippen molar-refractivity contribution in [2.24, 2.45) is 0 Å². The Bertz CT molecular complexity index is 264. The van der Waals surface area contributed by atoms with Crippen LogP contribution >= 0.6 is 11.3 Å². The van der Waals surface area contributed by atoms with Gasteiger partial charge >= 0.3 is 0 Å². The second-order valence-corrected chi connectivity index (χ2v) is 4.71. The number of nitrogens with zero attached hydrogens (tertiary/aromatic N) is 1. The van der Waals surface area contributed by atoms with E-state index >= 15 is 0 Å². The van der Waals surface area contributed by atoms with E-state index in [1.807, 2.05) is 11.7 Å². The summed E-state index contributed by atoms with van der Waals surface area (Å²) in [5, 5.41) is 3.51. The third-order valence-corrected chi connectivity index (χ3v) is 3.40. The molecule has 0 aliphatic rings. The van der Waals surface area contributed by atoms with Gasteiger partial charge in [0.05, 0.1) is 11.6 Å². The lowest BCUT2D eigenvalue weighted by atomic mass is 10.0. The molecule has 16 heavy (non-hydrogen) atoms. The molecule has 1 aromatic heterocycles. The topological polar surface area (TPSA) is 34.2 Å². The van der Waals surface area contributed by atoms with Crippen molar-refractivity contribution >= 4 is 11.3 Å². The number of hydrogen-bond donors (Lipinski definition) is 1. The molecule has 3 nitrogen and oxygen atoms in total. The summed E-state index contributed by atoms with van der Waals surface area (Å²) in [5.41, 5.74) is 1.89. The minimum atomic E-state index is 0.298. The molecule has 1 rings (SSSR count). The number of hydrogen-bond acceptors (Lipinski definition) is 4. The van der Waals surface area contributed by atoms with E-state index in [1.165, 1.54) is 4.88 Å². The predicted octanol–water partition coefficient (Wildman–Crippen LogP) is 2.48. The molecule has 2 atom stereocenters.